The van der Waals surface area contributed by atoms with Crippen molar-refractivity contribution in [3.63, 3.8) is 0 Å². The Morgan fingerprint density at radius 3 is 2.59 bits per heavy atom. The molecule has 8 rings (SSSR count). The minimum absolute atomic E-state index is 0.0636. The van der Waals surface area contributed by atoms with Crippen molar-refractivity contribution in [2.45, 2.75) is 104 Å². The fraction of sp³-hybridized carbons (Fsp3) is 0.565. The van der Waals surface area contributed by atoms with Gasteiger partial charge in [0.15, 0.2) is 0 Å². The first-order valence-electron chi connectivity index (χ1n) is 22.2. The molecular weight excluding hydrogens is 857 g/mol. The third-order valence-corrected chi connectivity index (χ3v) is 15.4. The number of cyclic esters (lactones) is 1. The monoisotopic (exact) mass is 916 g/mol. The first kappa shape index (κ1) is 45.8. The van der Waals surface area contributed by atoms with E-state index in [1.54, 1.807) is 18.2 Å². The fourth-order valence-electron chi connectivity index (χ4n) is 9.89. The van der Waals surface area contributed by atoms with Gasteiger partial charge in [-0.15, -0.1) is 11.3 Å². The zero-order valence-electron chi connectivity index (χ0n) is 38.0. The minimum Gasteiger partial charge on any atom is -0.464 e. The number of likely N-dealkylation sites (tertiary alicyclic amines) is 1. The van der Waals surface area contributed by atoms with Crippen molar-refractivity contribution in [2.24, 2.45) is 16.7 Å². The Labute approximate surface area is 379 Å². The summed E-state index contributed by atoms with van der Waals surface area (Å²) in [6.45, 7) is 13.6. The number of rotatable bonds is 9. The predicted molar refractivity (Wildman–Crippen MR) is 243 cm³/mol. The Morgan fingerprint density at radius 2 is 1.89 bits per heavy atom. The molecule has 1 unspecified atom stereocenters. The molecule has 0 aliphatic carbocycles. The van der Waals surface area contributed by atoms with Crippen LogP contribution >= 0.6 is 11.3 Å². The molecule has 6 bridgehead atoms. The number of nitrogens with one attached hydrogen (secondary N) is 2. The molecule has 3 saturated heterocycles. The number of ether oxygens (including phenoxy) is 2. The Hall–Kier alpha value is -4.75. The van der Waals surface area contributed by atoms with Crippen molar-refractivity contribution in [1.29, 1.82) is 0 Å². The van der Waals surface area contributed by atoms with Gasteiger partial charge < -0.3 is 24.3 Å². The van der Waals surface area contributed by atoms with E-state index in [9.17, 15) is 27.6 Å². The molecule has 1 spiro atoms. The number of esters is 1. The molecule has 7 heterocycles. The number of thiazole rings is 1. The number of amides is 3. The number of pyridine rings is 1. The lowest BCUT2D eigenvalue weighted by Crippen LogP contribution is -2.64. The van der Waals surface area contributed by atoms with Crippen molar-refractivity contribution in [1.82, 2.24) is 39.5 Å². The average Bonchev–Trinajstić information content (AvgIpc) is 3.94. The van der Waals surface area contributed by atoms with E-state index in [1.807, 2.05) is 32.2 Å². The SMILES string of the molecule is CCn1c(-c2cccnc2[C@H](C)OC)c2c3cc(ccc31)-c1csc(n1)C[C@H](NC(=O)C(C(C)C)N1CCC3(CN(S(C)(=O)=O)C3)C1=O)C(=O)N1CCC[C@H](N1)C(=O)OCC(C)(C)C2. The second kappa shape index (κ2) is 17.6. The van der Waals surface area contributed by atoms with Crippen LogP contribution in [0.3, 0.4) is 0 Å². The summed E-state index contributed by atoms with van der Waals surface area (Å²) in [5, 5.41) is 8.05. The summed E-state index contributed by atoms with van der Waals surface area (Å²) in [5.74, 6) is -1.96. The number of aryl methyl sites for hydroxylation is 1. The summed E-state index contributed by atoms with van der Waals surface area (Å²) in [6, 6.07) is 7.57. The topological polar surface area (TPSA) is 185 Å². The highest BCUT2D eigenvalue weighted by Crippen LogP contribution is 2.44. The van der Waals surface area contributed by atoms with Crippen LogP contribution in [0.25, 0.3) is 33.4 Å². The molecule has 4 aliphatic rings. The molecule has 16 nitrogen and oxygen atoms in total. The van der Waals surface area contributed by atoms with Gasteiger partial charge in [-0.3, -0.25) is 29.2 Å². The van der Waals surface area contributed by atoms with E-state index in [2.05, 4.69) is 60.3 Å². The molecule has 3 fully saturated rings. The molecule has 4 atom stereocenters. The number of carbonyl (C=O) groups excluding carboxylic acids is 4. The van der Waals surface area contributed by atoms with Gasteiger partial charge in [0.05, 0.1) is 46.5 Å². The van der Waals surface area contributed by atoms with Gasteiger partial charge in [0, 0.05) is 85.3 Å². The largest absolute Gasteiger partial charge is 0.464 e. The zero-order chi connectivity index (χ0) is 45.9. The molecule has 4 aliphatic heterocycles. The van der Waals surface area contributed by atoms with Crippen LogP contribution in [0.4, 0.5) is 0 Å². The number of sulfonamides is 1. The summed E-state index contributed by atoms with van der Waals surface area (Å²) in [6.07, 6.45) is 4.70. The molecule has 2 N–H and O–H groups in total. The molecule has 344 valence electrons. The van der Waals surface area contributed by atoms with Crippen LogP contribution in [-0.2, 0) is 58.1 Å². The van der Waals surface area contributed by atoms with Gasteiger partial charge in [-0.25, -0.2) is 18.8 Å². The van der Waals surface area contributed by atoms with E-state index < -0.39 is 56.8 Å². The van der Waals surface area contributed by atoms with E-state index in [0.717, 1.165) is 50.9 Å². The third kappa shape index (κ3) is 8.59. The number of fused-ring (bicyclic) bond motifs is 6. The summed E-state index contributed by atoms with van der Waals surface area (Å²) >= 11 is 1.40. The lowest BCUT2D eigenvalue weighted by Gasteiger charge is -2.45. The number of aromatic nitrogens is 3. The Kier molecular flexibility index (Phi) is 12.6. The van der Waals surface area contributed by atoms with Crippen LogP contribution in [0.5, 0.6) is 0 Å². The molecule has 3 aromatic heterocycles. The molecule has 3 amide bonds. The lowest BCUT2D eigenvalue weighted by atomic mass is 9.80. The number of carbonyl (C=O) groups is 4. The first-order chi connectivity index (χ1) is 30.3. The normalized spacial score (nSPS) is 22.7. The average molecular weight is 917 g/mol. The fourth-order valence-corrected chi connectivity index (χ4v) is 11.7. The third-order valence-electron chi connectivity index (χ3n) is 13.4. The smallest absolute Gasteiger partial charge is 0.324 e. The number of hydrazine groups is 1. The summed E-state index contributed by atoms with van der Waals surface area (Å²) in [7, 11) is -1.78. The van der Waals surface area contributed by atoms with Crippen LogP contribution in [0, 0.1) is 16.7 Å². The summed E-state index contributed by atoms with van der Waals surface area (Å²) in [4.78, 5) is 68.3. The Balaban J connectivity index is 1.17. The lowest BCUT2D eigenvalue weighted by molar-refractivity contribution is -0.155. The van der Waals surface area contributed by atoms with E-state index in [1.165, 1.54) is 20.7 Å². The zero-order valence-corrected chi connectivity index (χ0v) is 39.6. The maximum Gasteiger partial charge on any atom is 0.324 e. The number of nitrogens with zero attached hydrogens (tertiary/aromatic N) is 6. The number of hydrogen-bond donors (Lipinski definition) is 2. The van der Waals surface area contributed by atoms with Crippen LogP contribution in [-0.4, -0.2) is 125 Å². The quantitative estimate of drug-likeness (QED) is 0.222. The molecule has 18 heteroatoms. The van der Waals surface area contributed by atoms with Crippen molar-refractivity contribution in [3.8, 4) is 22.5 Å². The molecule has 0 radical (unpaired) electrons. The number of hydrogen-bond acceptors (Lipinski definition) is 12. The molecule has 0 saturated carbocycles. The first-order valence-corrected chi connectivity index (χ1v) is 25.0. The van der Waals surface area contributed by atoms with Gasteiger partial charge in [0.1, 0.15) is 18.1 Å². The molecular formula is C46H60N8O8S2. The number of benzene rings is 1. The van der Waals surface area contributed by atoms with Crippen molar-refractivity contribution in [2.75, 3.05) is 46.2 Å². The summed E-state index contributed by atoms with van der Waals surface area (Å²) < 4.78 is 39.9. The Morgan fingerprint density at radius 1 is 1.12 bits per heavy atom. The minimum atomic E-state index is -3.46. The van der Waals surface area contributed by atoms with Crippen LogP contribution in [0.15, 0.2) is 41.9 Å². The van der Waals surface area contributed by atoms with Crippen LogP contribution in [0.2, 0.25) is 0 Å². The molecule has 1 aromatic carbocycles. The second-order valence-corrected chi connectivity index (χ2v) is 21.9. The van der Waals surface area contributed by atoms with Gasteiger partial charge in [0.25, 0.3) is 5.91 Å². The maximum absolute atomic E-state index is 14.6. The van der Waals surface area contributed by atoms with E-state index in [4.69, 9.17) is 19.4 Å². The standard InChI is InChI=1S/C46H60N8O8S2/c1-9-52-36-15-14-29-20-31(36)32(40(52)30-12-10-17-47-38(30)28(4)61-7)22-45(5,6)26-62-43(57)33-13-11-18-54(50-33)42(56)34(21-37-48-35(29)23-63-37)49-41(55)39(27(2)3)53-19-16-46(44(53)58)24-51(25-46)64(8,59)60/h10,12,14-15,17,20,23,27-28,33-34,39,50H,9,11,13,16,18-19,21-22,24-26H2,1-8H3,(H,49,55)/t28-,33-,34-,39?/m0/s1. The van der Waals surface area contributed by atoms with Gasteiger partial charge in [-0.2, -0.15) is 4.31 Å². The maximum atomic E-state index is 14.6. The van der Waals surface area contributed by atoms with Crippen LogP contribution in [0.1, 0.15) is 83.2 Å². The summed E-state index contributed by atoms with van der Waals surface area (Å²) in [5.41, 5.74) is 8.33. The molecule has 64 heavy (non-hydrogen) atoms. The highest BCUT2D eigenvalue weighted by molar-refractivity contribution is 7.88. The molecule has 4 aromatic rings. The van der Waals surface area contributed by atoms with Gasteiger partial charge in [-0.1, -0.05) is 33.8 Å². The van der Waals surface area contributed by atoms with E-state index in [0.29, 0.717) is 50.3 Å². The van der Waals surface area contributed by atoms with Crippen molar-refractivity contribution >= 4 is 56.0 Å². The number of methoxy groups -OCH3 is 1. The van der Waals surface area contributed by atoms with Crippen molar-refractivity contribution in [3.05, 3.63) is 58.2 Å². The highest BCUT2D eigenvalue weighted by atomic mass is 32.2. The van der Waals surface area contributed by atoms with Gasteiger partial charge in [-0.05, 0) is 75.3 Å². The highest BCUT2D eigenvalue weighted by Gasteiger charge is 2.58. The van der Waals surface area contributed by atoms with Crippen LogP contribution < -0.4 is 10.7 Å². The van der Waals surface area contributed by atoms with Gasteiger partial charge >= 0.3 is 5.97 Å². The van der Waals surface area contributed by atoms with Crippen molar-refractivity contribution < 1.29 is 37.1 Å². The van der Waals surface area contributed by atoms with E-state index in [-0.39, 0.29) is 44.0 Å². The predicted octanol–water partition coefficient (Wildman–Crippen LogP) is 4.72. The van der Waals surface area contributed by atoms with E-state index >= 15 is 0 Å². The Bertz CT molecular complexity index is 2580. The second-order valence-electron chi connectivity index (χ2n) is 19.0. The van der Waals surface area contributed by atoms with Gasteiger partial charge in [0.2, 0.25) is 21.8 Å².